The molecule has 1 aromatic rings. The number of rotatable bonds is 3. The third-order valence-corrected chi connectivity index (χ3v) is 3.55. The van der Waals surface area contributed by atoms with Gasteiger partial charge in [-0.1, -0.05) is 6.92 Å². The first kappa shape index (κ1) is 15.0. The molecule has 1 heterocycles. The number of nitrogens with zero attached hydrogens (tertiary/aromatic N) is 1. The topological polar surface area (TPSA) is 24.5 Å². The van der Waals surface area contributed by atoms with Gasteiger partial charge in [0.05, 0.1) is 0 Å². The summed E-state index contributed by atoms with van der Waals surface area (Å²) in [6.07, 6.45) is -3.62. The van der Waals surface area contributed by atoms with Crippen LogP contribution in [0.25, 0.3) is 0 Å². The summed E-state index contributed by atoms with van der Waals surface area (Å²) in [6.45, 7) is 4.22. The average molecular weight is 288 g/mol. The average Bonchev–Trinajstić information content (AvgIpc) is 2.33. The van der Waals surface area contributed by atoms with Crippen molar-refractivity contribution in [2.75, 3.05) is 25.5 Å². The van der Waals surface area contributed by atoms with Gasteiger partial charge >= 0.3 is 6.36 Å². The van der Waals surface area contributed by atoms with Crippen LogP contribution in [0, 0.1) is 5.92 Å². The van der Waals surface area contributed by atoms with Crippen LogP contribution in [0.5, 0.6) is 5.75 Å². The maximum Gasteiger partial charge on any atom is 0.573 e. The molecule has 0 radical (unpaired) electrons. The van der Waals surface area contributed by atoms with Crippen LogP contribution in [0.1, 0.15) is 13.3 Å². The predicted octanol–water partition coefficient (Wildman–Crippen LogP) is 3.34. The highest BCUT2D eigenvalue weighted by Gasteiger charge is 2.31. The lowest BCUT2D eigenvalue weighted by molar-refractivity contribution is -0.274. The number of halogens is 3. The van der Waals surface area contributed by atoms with Gasteiger partial charge in [0.2, 0.25) is 0 Å². The third-order valence-electron chi connectivity index (χ3n) is 3.55. The Bertz CT molecular complexity index is 433. The summed E-state index contributed by atoms with van der Waals surface area (Å²) in [6, 6.07) is 6.24. The Morgan fingerprint density at radius 3 is 2.45 bits per heavy atom. The van der Waals surface area contributed by atoms with E-state index in [1.54, 1.807) is 12.1 Å². The largest absolute Gasteiger partial charge is 0.573 e. The van der Waals surface area contributed by atoms with Gasteiger partial charge in [0, 0.05) is 18.3 Å². The van der Waals surface area contributed by atoms with Crippen molar-refractivity contribution < 1.29 is 17.9 Å². The van der Waals surface area contributed by atoms with E-state index in [1.165, 1.54) is 12.1 Å². The van der Waals surface area contributed by atoms with Crippen LogP contribution in [0.2, 0.25) is 0 Å². The number of hydrogen-bond acceptors (Lipinski definition) is 3. The molecule has 0 aromatic heterocycles. The second kappa shape index (κ2) is 5.91. The molecule has 0 spiro atoms. The molecule has 1 N–H and O–H groups in total. The molecule has 0 bridgehead atoms. The summed E-state index contributed by atoms with van der Waals surface area (Å²) in [7, 11) is 2.09. The van der Waals surface area contributed by atoms with Gasteiger partial charge in [-0.05, 0) is 50.2 Å². The van der Waals surface area contributed by atoms with Gasteiger partial charge in [-0.3, -0.25) is 0 Å². The Morgan fingerprint density at radius 1 is 1.25 bits per heavy atom. The van der Waals surface area contributed by atoms with Gasteiger partial charge in [0.1, 0.15) is 5.75 Å². The Hall–Kier alpha value is -1.43. The van der Waals surface area contributed by atoms with Gasteiger partial charge in [-0.2, -0.15) is 0 Å². The smallest absolute Gasteiger partial charge is 0.406 e. The fraction of sp³-hybridized carbons (Fsp3) is 0.571. The van der Waals surface area contributed by atoms with Crippen LogP contribution in [0.3, 0.4) is 0 Å². The minimum absolute atomic E-state index is 0.195. The maximum atomic E-state index is 12.1. The van der Waals surface area contributed by atoms with E-state index in [9.17, 15) is 13.2 Å². The zero-order valence-corrected chi connectivity index (χ0v) is 11.6. The number of anilines is 1. The number of benzene rings is 1. The van der Waals surface area contributed by atoms with Crippen molar-refractivity contribution in [2.24, 2.45) is 5.92 Å². The van der Waals surface area contributed by atoms with Crippen LogP contribution in [-0.4, -0.2) is 37.4 Å². The van der Waals surface area contributed by atoms with Crippen molar-refractivity contribution in [3.8, 4) is 5.75 Å². The second-order valence-corrected chi connectivity index (χ2v) is 5.35. The normalized spacial score (nSPS) is 24.4. The molecule has 0 saturated carbocycles. The summed E-state index contributed by atoms with van der Waals surface area (Å²) in [5, 5.41) is 3.38. The molecule has 6 heteroatoms. The highest BCUT2D eigenvalue weighted by Crippen LogP contribution is 2.25. The monoisotopic (exact) mass is 288 g/mol. The first-order chi connectivity index (χ1) is 9.33. The van der Waals surface area contributed by atoms with Gasteiger partial charge in [-0.15, -0.1) is 13.2 Å². The number of nitrogens with one attached hydrogen (secondary N) is 1. The van der Waals surface area contributed by atoms with E-state index < -0.39 is 6.36 Å². The molecule has 0 amide bonds. The molecular formula is C14H19F3N2O. The Labute approximate surface area is 116 Å². The number of alkyl halides is 3. The van der Waals surface area contributed by atoms with Crippen molar-refractivity contribution in [3.63, 3.8) is 0 Å². The standard InChI is InChI=1S/C14H19F3N2O/c1-10-9-19(2)8-7-13(10)18-11-3-5-12(6-4-11)20-14(15,16)17/h3-6,10,13,18H,7-9H2,1-2H3/t10-,13+/m0/s1. The summed E-state index contributed by atoms with van der Waals surface area (Å²) >= 11 is 0. The quantitative estimate of drug-likeness (QED) is 0.923. The van der Waals surface area contributed by atoms with Crippen LogP contribution in [0.4, 0.5) is 18.9 Å². The second-order valence-electron chi connectivity index (χ2n) is 5.35. The van der Waals surface area contributed by atoms with E-state index in [0.717, 1.165) is 25.2 Å². The molecular weight excluding hydrogens is 269 g/mol. The van der Waals surface area contributed by atoms with Gasteiger partial charge < -0.3 is 15.0 Å². The van der Waals surface area contributed by atoms with E-state index in [1.807, 2.05) is 0 Å². The molecule has 112 valence electrons. The third kappa shape index (κ3) is 4.30. The number of ether oxygens (including phenoxy) is 1. The summed E-state index contributed by atoms with van der Waals surface area (Å²) < 4.78 is 40.0. The van der Waals surface area contributed by atoms with Crippen molar-refractivity contribution in [1.29, 1.82) is 0 Å². The SMILES string of the molecule is C[C@H]1CN(C)CC[C@H]1Nc1ccc(OC(F)(F)F)cc1. The van der Waals surface area contributed by atoms with Crippen LogP contribution < -0.4 is 10.1 Å². The fourth-order valence-corrected chi connectivity index (χ4v) is 2.54. The molecule has 20 heavy (non-hydrogen) atoms. The molecule has 1 saturated heterocycles. The first-order valence-electron chi connectivity index (χ1n) is 6.64. The Balaban J connectivity index is 1.94. The van der Waals surface area contributed by atoms with Gasteiger partial charge in [-0.25, -0.2) is 0 Å². The predicted molar refractivity (Wildman–Crippen MR) is 71.8 cm³/mol. The minimum atomic E-state index is -4.64. The lowest BCUT2D eigenvalue weighted by atomic mass is 9.94. The van der Waals surface area contributed by atoms with E-state index in [4.69, 9.17) is 0 Å². The molecule has 0 aliphatic carbocycles. The van der Waals surface area contributed by atoms with E-state index >= 15 is 0 Å². The summed E-state index contributed by atoms with van der Waals surface area (Å²) in [5.41, 5.74) is 0.820. The van der Waals surface area contributed by atoms with Crippen molar-refractivity contribution in [2.45, 2.75) is 25.7 Å². The first-order valence-corrected chi connectivity index (χ1v) is 6.64. The maximum absolute atomic E-state index is 12.1. The lowest BCUT2D eigenvalue weighted by Crippen LogP contribution is -2.43. The number of piperidine rings is 1. The van der Waals surface area contributed by atoms with Crippen LogP contribution in [-0.2, 0) is 0 Å². The number of hydrogen-bond donors (Lipinski definition) is 1. The minimum Gasteiger partial charge on any atom is -0.406 e. The number of likely N-dealkylation sites (tertiary alicyclic amines) is 1. The van der Waals surface area contributed by atoms with E-state index in [-0.39, 0.29) is 5.75 Å². The molecule has 2 atom stereocenters. The molecule has 3 nitrogen and oxygen atoms in total. The van der Waals surface area contributed by atoms with Crippen molar-refractivity contribution in [3.05, 3.63) is 24.3 Å². The Kier molecular flexibility index (Phi) is 4.42. The lowest BCUT2D eigenvalue weighted by Gasteiger charge is -2.35. The van der Waals surface area contributed by atoms with Crippen molar-refractivity contribution >= 4 is 5.69 Å². The van der Waals surface area contributed by atoms with Crippen LogP contribution in [0.15, 0.2) is 24.3 Å². The summed E-state index contributed by atoms with van der Waals surface area (Å²) in [5.74, 6) is 0.305. The van der Waals surface area contributed by atoms with E-state index in [0.29, 0.717) is 12.0 Å². The zero-order valence-electron chi connectivity index (χ0n) is 11.6. The van der Waals surface area contributed by atoms with E-state index in [2.05, 4.69) is 28.9 Å². The van der Waals surface area contributed by atoms with Gasteiger partial charge in [0.15, 0.2) is 0 Å². The van der Waals surface area contributed by atoms with Crippen LogP contribution >= 0.6 is 0 Å². The molecule has 0 unspecified atom stereocenters. The molecule has 1 aliphatic rings. The highest BCUT2D eigenvalue weighted by atomic mass is 19.4. The van der Waals surface area contributed by atoms with Gasteiger partial charge in [0.25, 0.3) is 0 Å². The Morgan fingerprint density at radius 2 is 1.90 bits per heavy atom. The molecule has 1 fully saturated rings. The summed E-state index contributed by atoms with van der Waals surface area (Å²) in [4.78, 5) is 2.28. The van der Waals surface area contributed by atoms with Crippen molar-refractivity contribution in [1.82, 2.24) is 4.90 Å². The highest BCUT2D eigenvalue weighted by molar-refractivity contribution is 5.47. The molecule has 1 aliphatic heterocycles. The molecule has 1 aromatic carbocycles. The fourth-order valence-electron chi connectivity index (χ4n) is 2.54. The zero-order chi connectivity index (χ0) is 14.8. The molecule has 2 rings (SSSR count).